The number of rotatable bonds is 6. The number of nitrogens with zero attached hydrogens (tertiary/aromatic N) is 1. The predicted octanol–water partition coefficient (Wildman–Crippen LogP) is 2.86. The molecule has 1 aliphatic heterocycles. The van der Waals surface area contributed by atoms with E-state index in [0.717, 1.165) is 0 Å². The minimum atomic E-state index is -0.856. The molecule has 8 nitrogen and oxygen atoms in total. The Morgan fingerprint density at radius 2 is 1.87 bits per heavy atom. The van der Waals surface area contributed by atoms with Gasteiger partial charge >= 0.3 is 5.97 Å². The number of para-hydroxylation sites is 1. The van der Waals surface area contributed by atoms with Crippen LogP contribution in [0.25, 0.3) is 6.08 Å². The van der Waals surface area contributed by atoms with Gasteiger partial charge in [-0.3, -0.25) is 15.0 Å². The van der Waals surface area contributed by atoms with E-state index in [0.29, 0.717) is 27.2 Å². The average molecular weight is 475 g/mol. The van der Waals surface area contributed by atoms with Crippen LogP contribution in [0.2, 0.25) is 0 Å². The molecule has 0 bridgehead atoms. The van der Waals surface area contributed by atoms with E-state index in [1.54, 1.807) is 43.3 Å². The van der Waals surface area contributed by atoms with Crippen LogP contribution >= 0.6 is 15.9 Å². The fourth-order valence-corrected chi connectivity index (χ4v) is 3.36. The van der Waals surface area contributed by atoms with Crippen molar-refractivity contribution in [1.29, 1.82) is 0 Å². The maximum absolute atomic E-state index is 12.7. The van der Waals surface area contributed by atoms with E-state index >= 15 is 0 Å². The Hall–Kier alpha value is -3.33. The molecule has 1 atom stereocenters. The van der Waals surface area contributed by atoms with E-state index < -0.39 is 23.9 Å². The Morgan fingerprint density at radius 1 is 1.17 bits per heavy atom. The van der Waals surface area contributed by atoms with Crippen LogP contribution in [-0.2, 0) is 19.1 Å². The van der Waals surface area contributed by atoms with E-state index in [2.05, 4.69) is 26.1 Å². The van der Waals surface area contributed by atoms with Crippen LogP contribution in [0.3, 0.4) is 0 Å². The zero-order chi connectivity index (χ0) is 21.8. The highest BCUT2D eigenvalue weighted by atomic mass is 79.9. The molecule has 1 unspecified atom stereocenters. The molecule has 1 fully saturated rings. The second-order valence-electron chi connectivity index (χ2n) is 6.29. The molecule has 1 N–H and O–H groups in total. The number of hydrazine groups is 1. The lowest BCUT2D eigenvalue weighted by atomic mass is 10.1. The molecular formula is C21H19BrN2O6. The monoisotopic (exact) mass is 474 g/mol. The standard InChI is InChI=1S/C21H19BrN2O6/c1-12(21(27)29-3)30-18-16(22)10-13(11-17(18)28-2)9-15-19(25)23-24(20(15)26)14-7-5-4-6-8-14/h4-12H,1-3H3,(H,23,25). The molecule has 0 spiro atoms. The zero-order valence-electron chi connectivity index (χ0n) is 16.5. The highest BCUT2D eigenvalue weighted by Gasteiger charge is 2.34. The molecule has 1 aliphatic rings. The summed E-state index contributed by atoms with van der Waals surface area (Å²) in [5.74, 6) is -0.910. The molecule has 0 aromatic heterocycles. The lowest BCUT2D eigenvalue weighted by Gasteiger charge is -2.17. The molecule has 9 heteroatoms. The van der Waals surface area contributed by atoms with E-state index in [1.165, 1.54) is 25.3 Å². The minimum absolute atomic E-state index is 0.0237. The van der Waals surface area contributed by atoms with Gasteiger partial charge in [0.1, 0.15) is 5.57 Å². The van der Waals surface area contributed by atoms with Crippen molar-refractivity contribution in [2.24, 2.45) is 0 Å². The van der Waals surface area contributed by atoms with Gasteiger partial charge in [0.25, 0.3) is 11.8 Å². The largest absolute Gasteiger partial charge is 0.493 e. The summed E-state index contributed by atoms with van der Waals surface area (Å²) < 4.78 is 16.1. The van der Waals surface area contributed by atoms with Gasteiger partial charge in [-0.2, -0.15) is 0 Å². The van der Waals surface area contributed by atoms with Crippen molar-refractivity contribution in [3.63, 3.8) is 0 Å². The van der Waals surface area contributed by atoms with Gasteiger partial charge in [0.15, 0.2) is 17.6 Å². The van der Waals surface area contributed by atoms with Crippen molar-refractivity contribution in [2.45, 2.75) is 13.0 Å². The smallest absolute Gasteiger partial charge is 0.346 e. The molecule has 2 amide bonds. The number of methoxy groups -OCH3 is 2. The molecule has 1 heterocycles. The number of hydrogen-bond acceptors (Lipinski definition) is 6. The summed E-state index contributed by atoms with van der Waals surface area (Å²) in [5, 5.41) is 1.19. The average Bonchev–Trinajstić information content (AvgIpc) is 3.03. The number of carbonyl (C=O) groups is 3. The van der Waals surface area contributed by atoms with Crippen molar-refractivity contribution in [1.82, 2.24) is 5.43 Å². The van der Waals surface area contributed by atoms with Crippen LogP contribution in [0.1, 0.15) is 12.5 Å². The van der Waals surface area contributed by atoms with E-state index in [1.807, 2.05) is 6.07 Å². The van der Waals surface area contributed by atoms with Crippen molar-refractivity contribution in [3.8, 4) is 11.5 Å². The Morgan fingerprint density at radius 3 is 2.50 bits per heavy atom. The third-order valence-electron chi connectivity index (χ3n) is 4.30. The zero-order valence-corrected chi connectivity index (χ0v) is 18.1. The molecule has 2 aromatic carbocycles. The number of halogens is 1. The summed E-state index contributed by atoms with van der Waals surface area (Å²) in [6, 6.07) is 12.0. The normalized spacial score (nSPS) is 15.7. The van der Waals surface area contributed by atoms with Gasteiger partial charge in [-0.25, -0.2) is 9.80 Å². The molecular weight excluding hydrogens is 456 g/mol. The molecule has 2 aromatic rings. The van der Waals surface area contributed by atoms with E-state index in [-0.39, 0.29) is 5.57 Å². The predicted molar refractivity (Wildman–Crippen MR) is 113 cm³/mol. The fraction of sp³-hybridized carbons (Fsp3) is 0.190. The maximum Gasteiger partial charge on any atom is 0.346 e. The molecule has 0 radical (unpaired) electrons. The number of anilines is 1. The van der Waals surface area contributed by atoms with Crippen LogP contribution in [0.4, 0.5) is 5.69 Å². The molecule has 3 rings (SSSR count). The summed E-state index contributed by atoms with van der Waals surface area (Å²) in [6.07, 6.45) is 0.604. The van der Waals surface area contributed by atoms with Crippen LogP contribution < -0.4 is 19.9 Å². The maximum atomic E-state index is 12.7. The first-order valence-corrected chi connectivity index (χ1v) is 9.69. The first kappa shape index (κ1) is 21.4. The van der Waals surface area contributed by atoms with Gasteiger partial charge in [-0.05, 0) is 58.8 Å². The second kappa shape index (κ2) is 9.00. The SMILES string of the molecule is COC(=O)C(C)Oc1c(Br)cc(C=C2C(=O)NN(c3ccccc3)C2=O)cc1OC. The molecule has 156 valence electrons. The molecule has 30 heavy (non-hydrogen) atoms. The number of hydrogen-bond donors (Lipinski definition) is 1. The summed E-state index contributed by atoms with van der Waals surface area (Å²) in [5.41, 5.74) is 3.61. The fourth-order valence-electron chi connectivity index (χ4n) is 2.81. The van der Waals surface area contributed by atoms with Gasteiger partial charge in [0.05, 0.1) is 24.4 Å². The van der Waals surface area contributed by atoms with Gasteiger partial charge < -0.3 is 14.2 Å². The number of nitrogens with one attached hydrogen (secondary N) is 1. The van der Waals surface area contributed by atoms with Gasteiger partial charge in [-0.15, -0.1) is 0 Å². The van der Waals surface area contributed by atoms with E-state index in [4.69, 9.17) is 9.47 Å². The second-order valence-corrected chi connectivity index (χ2v) is 7.15. The summed E-state index contributed by atoms with van der Waals surface area (Å²) in [6.45, 7) is 1.55. The van der Waals surface area contributed by atoms with Gasteiger partial charge in [-0.1, -0.05) is 18.2 Å². The summed E-state index contributed by atoms with van der Waals surface area (Å²) in [4.78, 5) is 36.8. The number of esters is 1. The van der Waals surface area contributed by atoms with Crippen molar-refractivity contribution >= 4 is 45.5 Å². The number of ether oxygens (including phenoxy) is 3. The Labute approximate surface area is 181 Å². The number of carbonyl (C=O) groups excluding carboxylic acids is 3. The number of benzene rings is 2. The van der Waals surface area contributed by atoms with Crippen molar-refractivity contribution in [3.05, 3.63) is 58.1 Å². The van der Waals surface area contributed by atoms with Crippen molar-refractivity contribution < 1.29 is 28.6 Å². The highest BCUT2D eigenvalue weighted by molar-refractivity contribution is 9.10. The van der Waals surface area contributed by atoms with Crippen LogP contribution in [-0.4, -0.2) is 38.1 Å². The lowest BCUT2D eigenvalue weighted by molar-refractivity contribution is -0.148. The van der Waals surface area contributed by atoms with Gasteiger partial charge in [0.2, 0.25) is 0 Å². The first-order chi connectivity index (χ1) is 14.3. The quantitative estimate of drug-likeness (QED) is 0.393. The minimum Gasteiger partial charge on any atom is -0.493 e. The van der Waals surface area contributed by atoms with Gasteiger partial charge in [0, 0.05) is 0 Å². The number of amides is 2. The molecule has 0 aliphatic carbocycles. The summed E-state index contributed by atoms with van der Waals surface area (Å²) >= 11 is 3.38. The van der Waals surface area contributed by atoms with Crippen LogP contribution in [0.5, 0.6) is 11.5 Å². The molecule has 0 saturated carbocycles. The van der Waals surface area contributed by atoms with Crippen molar-refractivity contribution in [2.75, 3.05) is 19.2 Å². The van der Waals surface area contributed by atoms with Crippen LogP contribution in [0, 0.1) is 0 Å². The summed E-state index contributed by atoms with van der Waals surface area (Å²) in [7, 11) is 2.71. The first-order valence-electron chi connectivity index (χ1n) is 8.90. The Bertz CT molecular complexity index is 1020. The van der Waals surface area contributed by atoms with Crippen LogP contribution in [0.15, 0.2) is 52.5 Å². The van der Waals surface area contributed by atoms with E-state index in [9.17, 15) is 14.4 Å². The third kappa shape index (κ3) is 4.30. The third-order valence-corrected chi connectivity index (χ3v) is 4.89. The molecule has 1 saturated heterocycles. The highest BCUT2D eigenvalue weighted by Crippen LogP contribution is 2.38. The Balaban J connectivity index is 1.92. The topological polar surface area (TPSA) is 94.2 Å². The Kier molecular flexibility index (Phi) is 6.41. The lowest BCUT2D eigenvalue weighted by Crippen LogP contribution is -2.35.